The molecule has 0 fully saturated rings. The Morgan fingerprint density at radius 2 is 1.67 bits per heavy atom. The topological polar surface area (TPSA) is 205 Å². The molecule has 0 aromatic carbocycles. The number of nitrogen functional groups attached to an aromatic ring is 1. The zero-order chi connectivity index (χ0) is 21.9. The molecule has 0 saturated heterocycles. The zero-order valence-electron chi connectivity index (χ0n) is 15.9. The third-order valence-electron chi connectivity index (χ3n) is 3.64. The lowest BCUT2D eigenvalue weighted by atomic mass is 10.2. The number of aromatic nitrogens is 4. The Balaban J connectivity index is 1.56. The summed E-state index contributed by atoms with van der Waals surface area (Å²) in [5, 5.41) is 16.0. The van der Waals surface area contributed by atoms with Gasteiger partial charge < -0.3 is 31.8 Å². The number of carboxylic acids is 1. The molecule has 162 valence electrons. The van der Waals surface area contributed by atoms with E-state index in [9.17, 15) is 19.2 Å². The van der Waals surface area contributed by atoms with Gasteiger partial charge in [0.15, 0.2) is 5.65 Å². The monoisotopic (exact) mass is 438 g/mol. The Bertz CT molecular complexity index is 918. The van der Waals surface area contributed by atoms with Crippen LogP contribution in [-0.2, 0) is 19.2 Å². The lowest BCUT2D eigenvalue weighted by Gasteiger charge is -2.07. The number of anilines is 1. The number of thioether (sulfide) groups is 1. The second-order valence-corrected chi connectivity index (χ2v) is 7.10. The average molecular weight is 438 g/mol. The van der Waals surface area contributed by atoms with Gasteiger partial charge in [0.05, 0.1) is 19.4 Å². The fourth-order valence-electron chi connectivity index (χ4n) is 2.23. The first-order chi connectivity index (χ1) is 14.3. The first-order valence-electron chi connectivity index (χ1n) is 8.96. The molecule has 30 heavy (non-hydrogen) atoms. The van der Waals surface area contributed by atoms with E-state index in [-0.39, 0.29) is 31.4 Å². The van der Waals surface area contributed by atoms with Crippen LogP contribution < -0.4 is 21.7 Å². The van der Waals surface area contributed by atoms with Crippen LogP contribution in [0.2, 0.25) is 0 Å². The molecule has 0 unspecified atom stereocenters. The highest BCUT2D eigenvalue weighted by Gasteiger charge is 2.10. The molecule has 0 bridgehead atoms. The molecule has 0 spiro atoms. The van der Waals surface area contributed by atoms with E-state index >= 15 is 0 Å². The number of carbonyl (C=O) groups is 4. The number of nitrogens with zero attached hydrogens (tertiary/aromatic N) is 3. The number of carboxylic acid groups (broad SMARTS) is 1. The maximum atomic E-state index is 11.8. The maximum Gasteiger partial charge on any atom is 0.322 e. The minimum absolute atomic E-state index is 0.147. The van der Waals surface area contributed by atoms with Crippen LogP contribution in [0.1, 0.15) is 19.3 Å². The lowest BCUT2D eigenvalue weighted by molar-refractivity contribution is -0.137. The third-order valence-corrected chi connectivity index (χ3v) is 4.70. The van der Waals surface area contributed by atoms with Gasteiger partial charge in [0, 0.05) is 6.42 Å². The molecule has 0 saturated carbocycles. The molecule has 0 atom stereocenters. The van der Waals surface area contributed by atoms with Crippen LogP contribution in [-0.4, -0.2) is 74.1 Å². The summed E-state index contributed by atoms with van der Waals surface area (Å²) in [6.45, 7) is -1.16. The van der Waals surface area contributed by atoms with Gasteiger partial charge in [-0.3, -0.25) is 19.2 Å². The van der Waals surface area contributed by atoms with Crippen LogP contribution >= 0.6 is 11.8 Å². The average Bonchev–Trinajstić information content (AvgIpc) is 3.17. The van der Waals surface area contributed by atoms with Gasteiger partial charge in [-0.2, -0.15) is 4.98 Å². The van der Waals surface area contributed by atoms with E-state index in [4.69, 9.17) is 10.8 Å². The van der Waals surface area contributed by atoms with Gasteiger partial charge in [-0.15, -0.1) is 11.8 Å². The highest BCUT2D eigenvalue weighted by molar-refractivity contribution is 7.99. The predicted molar refractivity (Wildman–Crippen MR) is 107 cm³/mol. The molecule has 13 nitrogen and oxygen atoms in total. The van der Waals surface area contributed by atoms with E-state index in [1.807, 2.05) is 0 Å². The van der Waals surface area contributed by atoms with Crippen molar-refractivity contribution >= 4 is 52.6 Å². The molecule has 14 heteroatoms. The van der Waals surface area contributed by atoms with Crippen molar-refractivity contribution in [2.75, 3.05) is 31.1 Å². The van der Waals surface area contributed by atoms with E-state index < -0.39 is 24.3 Å². The number of nitrogens with two attached hydrogens (primary N) is 1. The van der Waals surface area contributed by atoms with Crippen LogP contribution in [0.3, 0.4) is 0 Å². The molecular formula is C16H22N8O5S. The first kappa shape index (κ1) is 22.9. The van der Waals surface area contributed by atoms with Gasteiger partial charge in [-0.1, -0.05) is 0 Å². The number of imidazole rings is 1. The fraction of sp³-hybridized carbons (Fsp3) is 0.438. The number of hydrogen-bond acceptors (Lipinski definition) is 9. The molecule has 7 N–H and O–H groups in total. The molecular weight excluding hydrogens is 416 g/mol. The number of carbonyl (C=O) groups excluding carboxylic acids is 3. The molecule has 3 amide bonds. The van der Waals surface area contributed by atoms with Crippen LogP contribution in [0.4, 0.5) is 5.95 Å². The third kappa shape index (κ3) is 7.90. The van der Waals surface area contributed by atoms with Crippen LogP contribution in [0, 0.1) is 0 Å². The molecule has 2 aromatic heterocycles. The van der Waals surface area contributed by atoms with Gasteiger partial charge in [0.25, 0.3) is 0 Å². The zero-order valence-corrected chi connectivity index (χ0v) is 16.8. The normalized spacial score (nSPS) is 10.5. The van der Waals surface area contributed by atoms with E-state index in [1.54, 1.807) is 0 Å². The largest absolute Gasteiger partial charge is 0.480 e. The van der Waals surface area contributed by atoms with Gasteiger partial charge in [-0.25, -0.2) is 9.97 Å². The number of H-pyrrole nitrogens is 1. The number of rotatable bonds is 12. The molecule has 0 aliphatic carbocycles. The standard InChI is InChI=1S/C16H22N8O5S/c17-16-23-14-13(21-8-22-14)15(24-16)30-4-2-1-3-9(25)18-5-10(26)19-6-11(27)20-7-12(28)29/h8H,1-7H2,(H,18,25)(H,19,26)(H,20,27)(H,28,29)(H3,17,21,22,23,24). The summed E-state index contributed by atoms with van der Waals surface area (Å²) in [5.74, 6) is -1.79. The van der Waals surface area contributed by atoms with Crippen molar-refractivity contribution in [3.63, 3.8) is 0 Å². The Kier molecular flexibility index (Phi) is 8.80. The van der Waals surface area contributed by atoms with Crippen molar-refractivity contribution in [2.45, 2.75) is 24.3 Å². The Hall–Kier alpha value is -3.42. The quantitative estimate of drug-likeness (QED) is 0.130. The number of unbranched alkanes of at least 4 members (excludes halogenated alkanes) is 1. The Labute approximate surface area is 175 Å². The minimum atomic E-state index is -1.18. The number of nitrogens with one attached hydrogen (secondary N) is 4. The summed E-state index contributed by atoms with van der Waals surface area (Å²) in [7, 11) is 0. The summed E-state index contributed by atoms with van der Waals surface area (Å²) in [5.41, 5.74) is 6.88. The van der Waals surface area contributed by atoms with E-state index in [2.05, 4.69) is 35.9 Å². The van der Waals surface area contributed by atoms with Gasteiger partial charge in [-0.05, 0) is 18.6 Å². The number of hydrogen-bond donors (Lipinski definition) is 6. The summed E-state index contributed by atoms with van der Waals surface area (Å²) in [4.78, 5) is 60.2. The highest BCUT2D eigenvalue weighted by Crippen LogP contribution is 2.24. The highest BCUT2D eigenvalue weighted by atomic mass is 32.2. The summed E-state index contributed by atoms with van der Waals surface area (Å²) in [6, 6.07) is 0. The Morgan fingerprint density at radius 3 is 2.37 bits per heavy atom. The first-order valence-corrected chi connectivity index (χ1v) is 9.95. The summed E-state index contributed by atoms with van der Waals surface area (Å²) in [6.07, 6.45) is 3.13. The van der Waals surface area contributed by atoms with Crippen molar-refractivity contribution in [3.8, 4) is 0 Å². The van der Waals surface area contributed by atoms with Crippen molar-refractivity contribution < 1.29 is 24.3 Å². The van der Waals surface area contributed by atoms with E-state index in [1.165, 1.54) is 18.1 Å². The lowest BCUT2D eigenvalue weighted by Crippen LogP contribution is -2.42. The number of aliphatic carboxylic acids is 1. The smallest absolute Gasteiger partial charge is 0.322 e. The van der Waals surface area contributed by atoms with Crippen molar-refractivity contribution in [3.05, 3.63) is 6.33 Å². The van der Waals surface area contributed by atoms with Gasteiger partial charge >= 0.3 is 5.97 Å². The molecule has 2 rings (SSSR count). The maximum absolute atomic E-state index is 11.8. The number of fused-ring (bicyclic) bond motifs is 1. The minimum Gasteiger partial charge on any atom is -0.480 e. The van der Waals surface area contributed by atoms with Crippen molar-refractivity contribution in [1.82, 2.24) is 35.9 Å². The second-order valence-electron chi connectivity index (χ2n) is 6.02. The van der Waals surface area contributed by atoms with Crippen molar-refractivity contribution in [1.29, 1.82) is 0 Å². The number of aromatic amines is 1. The van der Waals surface area contributed by atoms with E-state index in [0.29, 0.717) is 22.8 Å². The predicted octanol–water partition coefficient (Wildman–Crippen LogP) is -1.37. The molecule has 2 aromatic rings. The SMILES string of the molecule is Nc1nc(SCCCCC(=O)NCC(=O)NCC(=O)NCC(=O)O)c2[nH]cnc2n1. The summed E-state index contributed by atoms with van der Waals surface area (Å²) < 4.78 is 0. The number of amides is 3. The molecule has 2 heterocycles. The van der Waals surface area contributed by atoms with Crippen molar-refractivity contribution in [2.24, 2.45) is 0 Å². The van der Waals surface area contributed by atoms with Crippen LogP contribution in [0.25, 0.3) is 11.2 Å². The Morgan fingerprint density at radius 1 is 1.00 bits per heavy atom. The fourth-order valence-corrected chi connectivity index (χ4v) is 3.22. The van der Waals surface area contributed by atoms with E-state index in [0.717, 1.165) is 11.9 Å². The van der Waals surface area contributed by atoms with Crippen LogP contribution in [0.15, 0.2) is 11.4 Å². The van der Waals surface area contributed by atoms with Crippen LogP contribution in [0.5, 0.6) is 0 Å². The van der Waals surface area contributed by atoms with Gasteiger partial charge in [0.2, 0.25) is 23.7 Å². The molecule has 0 aliphatic heterocycles. The summed E-state index contributed by atoms with van der Waals surface area (Å²) >= 11 is 1.48. The molecule has 0 radical (unpaired) electrons. The second kappa shape index (κ2) is 11.5. The molecule has 0 aliphatic rings. The van der Waals surface area contributed by atoms with Gasteiger partial charge in [0.1, 0.15) is 17.1 Å².